The van der Waals surface area contributed by atoms with Crippen LogP contribution < -0.4 is 10.6 Å². The Labute approximate surface area is 198 Å². The van der Waals surface area contributed by atoms with Gasteiger partial charge < -0.3 is 15.2 Å². The lowest BCUT2D eigenvalue weighted by molar-refractivity contribution is 0.0684. The molecule has 35 heavy (non-hydrogen) atoms. The Balaban J connectivity index is 1.20. The van der Waals surface area contributed by atoms with Crippen LogP contribution in [-0.4, -0.2) is 54.6 Å². The summed E-state index contributed by atoms with van der Waals surface area (Å²) >= 11 is 0. The molecule has 4 N–H and O–H groups in total. The van der Waals surface area contributed by atoms with Crippen LogP contribution in [0.5, 0.6) is 0 Å². The zero-order valence-corrected chi connectivity index (χ0v) is 18.3. The number of nitrogens with one attached hydrogen (secondary N) is 3. The van der Waals surface area contributed by atoms with E-state index in [0.29, 0.717) is 0 Å². The van der Waals surface area contributed by atoms with Crippen molar-refractivity contribution in [1.82, 2.24) is 25.0 Å². The molecule has 2 amide bonds. The topological polar surface area (TPSA) is 164 Å². The summed E-state index contributed by atoms with van der Waals surface area (Å²) in [7, 11) is 1.43. The lowest BCUT2D eigenvalue weighted by Crippen LogP contribution is -2.19. The van der Waals surface area contributed by atoms with E-state index in [4.69, 9.17) is 9.84 Å². The van der Waals surface area contributed by atoms with Crippen LogP contribution in [0.15, 0.2) is 54.6 Å². The number of anilines is 2. The highest BCUT2D eigenvalue weighted by Gasteiger charge is 2.29. The summed E-state index contributed by atoms with van der Waals surface area (Å²) in [5.74, 6) is -2.34. The Morgan fingerprint density at radius 1 is 1.06 bits per heavy atom. The van der Waals surface area contributed by atoms with Gasteiger partial charge in [-0.15, -0.1) is 5.10 Å². The number of hydrogen-bond acceptors (Lipinski definition) is 7. The molecule has 176 valence electrons. The molecule has 0 atom stereocenters. The number of ether oxygens (including phenoxy) is 1. The summed E-state index contributed by atoms with van der Waals surface area (Å²) in [5.41, 5.74) is 4.29. The predicted molar refractivity (Wildman–Crippen MR) is 123 cm³/mol. The second kappa shape index (κ2) is 8.74. The molecule has 2 aromatic carbocycles. The third-order valence-corrected chi connectivity index (χ3v) is 5.60. The molecule has 0 radical (unpaired) electrons. The number of H-pyrrole nitrogens is 1. The van der Waals surface area contributed by atoms with Gasteiger partial charge in [0, 0.05) is 19.0 Å². The van der Waals surface area contributed by atoms with Crippen molar-refractivity contribution in [2.75, 3.05) is 17.2 Å². The first-order valence-electron chi connectivity index (χ1n) is 10.5. The molecular weight excluding hydrogens is 454 g/mol. The van der Waals surface area contributed by atoms with Crippen molar-refractivity contribution in [2.45, 2.75) is 5.92 Å². The minimum atomic E-state index is -1.19. The number of benzene rings is 2. The lowest BCUT2D eigenvalue weighted by Gasteiger charge is -2.13. The normalized spacial score (nSPS) is 12.0. The number of carboxylic acid groups (broad SMARTS) is 1. The number of rotatable bonds is 6. The van der Waals surface area contributed by atoms with Gasteiger partial charge in [0.05, 0.1) is 0 Å². The fourth-order valence-corrected chi connectivity index (χ4v) is 4.05. The minimum absolute atomic E-state index is 0.0253. The third-order valence-electron chi connectivity index (χ3n) is 5.60. The average molecular weight is 473 g/mol. The van der Waals surface area contributed by atoms with Crippen LogP contribution in [0.1, 0.15) is 38.2 Å². The molecule has 1 aliphatic carbocycles. The van der Waals surface area contributed by atoms with E-state index >= 15 is 0 Å². The SMILES string of the molecule is Cn1nc(NC(=O)c2nc(NC(=O)OCC3c4ccccc4-c4ccccc43)n[nH]2)cc1C(=O)O. The molecule has 0 fully saturated rings. The van der Waals surface area contributed by atoms with Gasteiger partial charge in [-0.2, -0.15) is 10.1 Å². The Bertz CT molecular complexity index is 1410. The minimum Gasteiger partial charge on any atom is -0.477 e. The number of aromatic nitrogens is 5. The number of aryl methyl sites for hydroxylation is 1. The Morgan fingerprint density at radius 3 is 2.34 bits per heavy atom. The second-order valence-electron chi connectivity index (χ2n) is 7.76. The summed E-state index contributed by atoms with van der Waals surface area (Å²) < 4.78 is 6.55. The van der Waals surface area contributed by atoms with Crippen LogP contribution in [0.3, 0.4) is 0 Å². The van der Waals surface area contributed by atoms with E-state index in [1.807, 2.05) is 48.5 Å². The molecule has 0 saturated heterocycles. The smallest absolute Gasteiger partial charge is 0.414 e. The number of aromatic carboxylic acids is 1. The van der Waals surface area contributed by atoms with Gasteiger partial charge in [-0.3, -0.25) is 19.9 Å². The van der Waals surface area contributed by atoms with Crippen molar-refractivity contribution < 1.29 is 24.2 Å². The molecule has 12 heteroatoms. The molecule has 0 spiro atoms. The number of amides is 2. The fourth-order valence-electron chi connectivity index (χ4n) is 4.05. The summed E-state index contributed by atoms with van der Waals surface area (Å²) in [4.78, 5) is 39.7. The van der Waals surface area contributed by atoms with Gasteiger partial charge in [-0.05, 0) is 22.3 Å². The van der Waals surface area contributed by atoms with E-state index in [0.717, 1.165) is 26.9 Å². The van der Waals surface area contributed by atoms with E-state index < -0.39 is 18.0 Å². The van der Waals surface area contributed by atoms with Crippen LogP contribution in [0.25, 0.3) is 11.1 Å². The van der Waals surface area contributed by atoms with E-state index in [9.17, 15) is 14.4 Å². The monoisotopic (exact) mass is 473 g/mol. The van der Waals surface area contributed by atoms with Gasteiger partial charge in [0.15, 0.2) is 5.82 Å². The highest BCUT2D eigenvalue weighted by atomic mass is 16.5. The van der Waals surface area contributed by atoms with Crippen molar-refractivity contribution >= 4 is 29.7 Å². The van der Waals surface area contributed by atoms with Crippen molar-refractivity contribution in [2.24, 2.45) is 7.05 Å². The molecule has 2 aromatic heterocycles. The van der Waals surface area contributed by atoms with Gasteiger partial charge in [-0.25, -0.2) is 9.59 Å². The molecule has 5 rings (SSSR count). The summed E-state index contributed by atoms with van der Waals surface area (Å²) in [6.45, 7) is 0.114. The zero-order chi connectivity index (χ0) is 24.5. The van der Waals surface area contributed by atoms with Gasteiger partial charge >= 0.3 is 12.1 Å². The average Bonchev–Trinajstić information content (AvgIpc) is 3.54. The lowest BCUT2D eigenvalue weighted by atomic mass is 9.98. The number of carboxylic acids is 1. The first-order valence-corrected chi connectivity index (χ1v) is 10.5. The largest absolute Gasteiger partial charge is 0.477 e. The summed E-state index contributed by atoms with van der Waals surface area (Å²) in [6, 6.07) is 17.2. The molecule has 12 nitrogen and oxygen atoms in total. The standard InChI is InChI=1S/C23H19N7O5/c1-30-17(21(32)33)10-18(29-30)24-20(31)19-25-22(28-27-19)26-23(34)35-11-16-14-8-4-2-6-12(14)13-7-3-5-9-15(13)16/h2-10,16H,11H2,1H3,(H,32,33)(H,24,29,31)(H2,25,26,27,28,34). The fraction of sp³-hybridized carbons (Fsp3) is 0.130. The molecule has 4 aromatic rings. The molecule has 0 unspecified atom stereocenters. The molecule has 0 aliphatic heterocycles. The Kier molecular flexibility index (Phi) is 5.45. The molecule has 1 aliphatic rings. The van der Waals surface area contributed by atoms with Crippen LogP contribution >= 0.6 is 0 Å². The van der Waals surface area contributed by atoms with Gasteiger partial charge in [-0.1, -0.05) is 48.5 Å². The van der Waals surface area contributed by atoms with Gasteiger partial charge in [0.2, 0.25) is 5.82 Å². The number of nitrogens with zero attached hydrogens (tertiary/aromatic N) is 4. The predicted octanol–water partition coefficient (Wildman–Crippen LogP) is 2.85. The van der Waals surface area contributed by atoms with E-state index in [-0.39, 0.29) is 35.8 Å². The van der Waals surface area contributed by atoms with Gasteiger partial charge in [0.1, 0.15) is 12.3 Å². The van der Waals surface area contributed by atoms with E-state index in [1.165, 1.54) is 13.1 Å². The maximum Gasteiger partial charge on any atom is 0.414 e. The second-order valence-corrected chi connectivity index (χ2v) is 7.76. The summed E-state index contributed by atoms with van der Waals surface area (Å²) in [6.07, 6.45) is -0.770. The van der Waals surface area contributed by atoms with E-state index in [2.05, 4.69) is 30.9 Å². The molecular formula is C23H19N7O5. The maximum absolute atomic E-state index is 12.4. The van der Waals surface area contributed by atoms with Crippen molar-refractivity contribution in [3.63, 3.8) is 0 Å². The number of aromatic amines is 1. The number of hydrogen-bond donors (Lipinski definition) is 4. The quantitative estimate of drug-likeness (QED) is 0.332. The Hall–Kier alpha value is -5.00. The van der Waals surface area contributed by atoms with E-state index in [1.54, 1.807) is 0 Å². The Morgan fingerprint density at radius 2 is 1.71 bits per heavy atom. The van der Waals surface area contributed by atoms with Crippen molar-refractivity contribution in [1.29, 1.82) is 0 Å². The summed E-state index contributed by atoms with van der Waals surface area (Å²) in [5, 5.41) is 24.0. The number of carbonyl (C=O) groups excluding carboxylic acids is 2. The third kappa shape index (κ3) is 4.19. The molecule has 0 bridgehead atoms. The molecule has 2 heterocycles. The van der Waals surface area contributed by atoms with Crippen LogP contribution in [0.4, 0.5) is 16.6 Å². The van der Waals surface area contributed by atoms with Crippen molar-refractivity contribution in [3.8, 4) is 11.1 Å². The highest BCUT2D eigenvalue weighted by Crippen LogP contribution is 2.44. The first-order chi connectivity index (χ1) is 16.9. The van der Waals surface area contributed by atoms with Crippen LogP contribution in [0.2, 0.25) is 0 Å². The number of fused-ring (bicyclic) bond motifs is 3. The maximum atomic E-state index is 12.4. The van der Waals surface area contributed by atoms with Crippen molar-refractivity contribution in [3.05, 3.63) is 77.2 Å². The molecule has 0 saturated carbocycles. The first kappa shape index (κ1) is 21.8. The highest BCUT2D eigenvalue weighted by molar-refractivity contribution is 6.01. The number of carbonyl (C=O) groups is 3. The van der Waals surface area contributed by atoms with Gasteiger partial charge in [0.25, 0.3) is 11.9 Å². The van der Waals surface area contributed by atoms with Crippen LogP contribution in [0, 0.1) is 0 Å². The zero-order valence-electron chi connectivity index (χ0n) is 18.3. The van der Waals surface area contributed by atoms with Crippen LogP contribution in [-0.2, 0) is 11.8 Å².